The van der Waals surface area contributed by atoms with Gasteiger partial charge in [0, 0.05) is 0 Å². The largest absolute Gasteiger partial charge is 0.494 e. The van der Waals surface area contributed by atoms with Crippen molar-refractivity contribution in [1.29, 1.82) is 5.26 Å². The van der Waals surface area contributed by atoms with Crippen molar-refractivity contribution < 1.29 is 14.1 Å². The van der Waals surface area contributed by atoms with Crippen molar-refractivity contribution in [3.8, 4) is 6.07 Å². The van der Waals surface area contributed by atoms with Crippen LogP contribution < -0.4 is 5.46 Å². The molecule has 1 saturated heterocycles. The fraction of sp³-hybridized carbons (Fsp3) is 0.500. The maximum Gasteiger partial charge on any atom is 0.494 e. The molecule has 1 aromatic rings. The van der Waals surface area contributed by atoms with Gasteiger partial charge in [-0.1, -0.05) is 24.3 Å². The molecule has 0 radical (unpaired) electrons. The number of rotatable bonds is 3. The first kappa shape index (κ1) is 15.7. The highest BCUT2D eigenvalue weighted by Crippen LogP contribution is 2.36. The summed E-state index contributed by atoms with van der Waals surface area (Å²) in [4.78, 5) is 11.4. The van der Waals surface area contributed by atoms with Crippen LogP contribution in [0.1, 0.15) is 46.1 Å². The maximum atomic E-state index is 11.4. The van der Waals surface area contributed by atoms with Crippen LogP contribution in [0.3, 0.4) is 0 Å². The molecule has 21 heavy (non-hydrogen) atoms. The van der Waals surface area contributed by atoms with E-state index in [4.69, 9.17) is 14.6 Å². The molecule has 110 valence electrons. The molecule has 2 rings (SSSR count). The minimum atomic E-state index is -0.711. The predicted octanol–water partition coefficient (Wildman–Crippen LogP) is 2.18. The Kier molecular flexibility index (Phi) is 3.96. The molecule has 0 saturated carbocycles. The van der Waals surface area contributed by atoms with E-state index in [2.05, 4.69) is 0 Å². The molecule has 1 aliphatic heterocycles. The smallest absolute Gasteiger partial charge is 0.399 e. The van der Waals surface area contributed by atoms with Crippen LogP contribution in [0.5, 0.6) is 0 Å². The topological polar surface area (TPSA) is 59.3 Å². The average molecular weight is 285 g/mol. The normalized spacial score (nSPS) is 20.9. The lowest BCUT2D eigenvalue weighted by molar-refractivity contribution is -0.117. The van der Waals surface area contributed by atoms with Crippen LogP contribution in [0.15, 0.2) is 24.3 Å². The van der Waals surface area contributed by atoms with Crippen molar-refractivity contribution in [3.63, 3.8) is 0 Å². The van der Waals surface area contributed by atoms with Gasteiger partial charge in [-0.15, -0.1) is 0 Å². The molecule has 0 amide bonds. The number of hydrogen-bond acceptors (Lipinski definition) is 4. The monoisotopic (exact) mass is 285 g/mol. The second kappa shape index (κ2) is 5.29. The molecular weight excluding hydrogens is 265 g/mol. The Morgan fingerprint density at radius 1 is 1.14 bits per heavy atom. The lowest BCUT2D eigenvalue weighted by Gasteiger charge is -2.32. The summed E-state index contributed by atoms with van der Waals surface area (Å²) in [5, 5.41) is 9.05. The van der Waals surface area contributed by atoms with Gasteiger partial charge in [0.15, 0.2) is 5.78 Å². The molecule has 1 heterocycles. The molecule has 0 aromatic heterocycles. The van der Waals surface area contributed by atoms with Crippen molar-refractivity contribution in [1.82, 2.24) is 0 Å². The second-order valence-electron chi connectivity index (χ2n) is 6.43. The van der Waals surface area contributed by atoms with Crippen molar-refractivity contribution in [2.24, 2.45) is 0 Å². The highest BCUT2D eigenvalue weighted by molar-refractivity contribution is 6.62. The van der Waals surface area contributed by atoms with Gasteiger partial charge >= 0.3 is 7.12 Å². The molecule has 0 unspecified atom stereocenters. The second-order valence-corrected chi connectivity index (χ2v) is 6.43. The number of carbonyl (C=O) groups is 1. The number of nitrogens with zero attached hydrogens (tertiary/aromatic N) is 1. The molecule has 1 atom stereocenters. The van der Waals surface area contributed by atoms with E-state index in [1.807, 2.05) is 45.9 Å². The van der Waals surface area contributed by atoms with Crippen LogP contribution in [0.4, 0.5) is 0 Å². The summed E-state index contributed by atoms with van der Waals surface area (Å²) >= 11 is 0. The Labute approximate surface area is 126 Å². The van der Waals surface area contributed by atoms with E-state index in [1.165, 1.54) is 6.92 Å². The number of benzene rings is 1. The SMILES string of the molecule is CC(=O)[C@@H](C#N)c1ccc(B2OC(C)(C)C(C)(C)O2)cc1. The predicted molar refractivity (Wildman–Crippen MR) is 81.2 cm³/mol. The molecule has 0 N–H and O–H groups in total. The summed E-state index contributed by atoms with van der Waals surface area (Å²) in [6, 6.07) is 9.30. The lowest BCUT2D eigenvalue weighted by atomic mass is 9.78. The number of ketones is 1. The third-order valence-electron chi connectivity index (χ3n) is 4.33. The van der Waals surface area contributed by atoms with Gasteiger partial charge in [0.2, 0.25) is 0 Å². The third-order valence-corrected chi connectivity index (χ3v) is 4.33. The van der Waals surface area contributed by atoms with Crippen molar-refractivity contribution in [2.45, 2.75) is 51.7 Å². The lowest BCUT2D eigenvalue weighted by Crippen LogP contribution is -2.41. The van der Waals surface area contributed by atoms with E-state index < -0.39 is 13.0 Å². The molecule has 0 bridgehead atoms. The Bertz CT molecular complexity index is 571. The highest BCUT2D eigenvalue weighted by atomic mass is 16.7. The van der Waals surface area contributed by atoms with Crippen LogP contribution in [-0.2, 0) is 14.1 Å². The Hall–Kier alpha value is -1.64. The Morgan fingerprint density at radius 3 is 2.00 bits per heavy atom. The number of hydrogen-bond donors (Lipinski definition) is 0. The van der Waals surface area contributed by atoms with E-state index in [0.717, 1.165) is 5.46 Å². The van der Waals surface area contributed by atoms with Crippen LogP contribution in [0.2, 0.25) is 0 Å². The van der Waals surface area contributed by atoms with Gasteiger partial charge in [0.1, 0.15) is 5.92 Å². The minimum Gasteiger partial charge on any atom is -0.399 e. The summed E-state index contributed by atoms with van der Waals surface area (Å²) < 4.78 is 11.9. The molecule has 1 fully saturated rings. The summed E-state index contributed by atoms with van der Waals surface area (Å²) in [7, 11) is -0.429. The quantitative estimate of drug-likeness (QED) is 0.799. The van der Waals surface area contributed by atoms with Gasteiger partial charge in [0.05, 0.1) is 17.3 Å². The minimum absolute atomic E-state index is 0.152. The Morgan fingerprint density at radius 2 is 1.62 bits per heavy atom. The van der Waals surface area contributed by atoms with Crippen LogP contribution in [0.25, 0.3) is 0 Å². The molecular formula is C16H20BNO3. The van der Waals surface area contributed by atoms with E-state index in [9.17, 15) is 4.79 Å². The highest BCUT2D eigenvalue weighted by Gasteiger charge is 2.51. The zero-order valence-corrected chi connectivity index (χ0v) is 13.1. The summed E-state index contributed by atoms with van der Waals surface area (Å²) in [5.41, 5.74) is 0.818. The first-order valence-corrected chi connectivity index (χ1v) is 7.03. The summed E-state index contributed by atoms with van der Waals surface area (Å²) in [6.45, 7) is 9.44. The zero-order chi connectivity index (χ0) is 15.8. The van der Waals surface area contributed by atoms with Crippen LogP contribution in [0, 0.1) is 11.3 Å². The molecule has 0 spiro atoms. The maximum absolute atomic E-state index is 11.4. The first-order valence-electron chi connectivity index (χ1n) is 7.03. The molecule has 1 aromatic carbocycles. The van der Waals surface area contributed by atoms with E-state index >= 15 is 0 Å². The van der Waals surface area contributed by atoms with Gasteiger partial charge in [0.25, 0.3) is 0 Å². The van der Waals surface area contributed by atoms with Gasteiger partial charge in [-0.2, -0.15) is 5.26 Å². The van der Waals surface area contributed by atoms with E-state index in [-0.39, 0.29) is 17.0 Å². The molecule has 1 aliphatic rings. The molecule has 0 aliphatic carbocycles. The number of Topliss-reactive ketones (excluding diaryl/α,β-unsaturated/α-hetero) is 1. The zero-order valence-electron chi connectivity index (χ0n) is 13.1. The standard InChI is InChI=1S/C16H20BNO3/c1-11(19)14(10-18)12-6-8-13(9-7-12)17-20-15(2,3)16(4,5)21-17/h6-9,14H,1-5H3/t14-/m1/s1. The summed E-state index contributed by atoms with van der Waals surface area (Å²) in [5.74, 6) is -0.863. The molecule has 4 nitrogen and oxygen atoms in total. The van der Waals surface area contributed by atoms with Gasteiger partial charge < -0.3 is 9.31 Å². The van der Waals surface area contributed by atoms with Crippen molar-refractivity contribution in [3.05, 3.63) is 29.8 Å². The fourth-order valence-corrected chi connectivity index (χ4v) is 2.22. The third kappa shape index (κ3) is 2.87. The molecule has 5 heteroatoms. The van der Waals surface area contributed by atoms with Crippen molar-refractivity contribution >= 4 is 18.4 Å². The Balaban J connectivity index is 2.22. The van der Waals surface area contributed by atoms with E-state index in [1.54, 1.807) is 12.1 Å². The van der Waals surface area contributed by atoms with Gasteiger partial charge in [-0.3, -0.25) is 4.79 Å². The fourth-order valence-electron chi connectivity index (χ4n) is 2.22. The average Bonchev–Trinajstić information content (AvgIpc) is 2.59. The van der Waals surface area contributed by atoms with E-state index in [0.29, 0.717) is 5.56 Å². The van der Waals surface area contributed by atoms with Crippen LogP contribution >= 0.6 is 0 Å². The van der Waals surface area contributed by atoms with Gasteiger partial charge in [-0.25, -0.2) is 0 Å². The van der Waals surface area contributed by atoms with Crippen LogP contribution in [-0.4, -0.2) is 24.1 Å². The number of nitriles is 1. The van der Waals surface area contributed by atoms with Gasteiger partial charge in [-0.05, 0) is 45.6 Å². The number of carbonyl (C=O) groups excluding carboxylic acids is 1. The summed E-state index contributed by atoms with van der Waals surface area (Å²) in [6.07, 6.45) is 0. The first-order chi connectivity index (χ1) is 9.68. The van der Waals surface area contributed by atoms with Crippen molar-refractivity contribution in [2.75, 3.05) is 0 Å².